The van der Waals surface area contributed by atoms with Gasteiger partial charge in [0.15, 0.2) is 12.4 Å². The summed E-state index contributed by atoms with van der Waals surface area (Å²) < 4.78 is 6.89. The lowest BCUT2D eigenvalue weighted by atomic mass is 10.1. The third kappa shape index (κ3) is 5.06. The van der Waals surface area contributed by atoms with Crippen molar-refractivity contribution in [3.63, 3.8) is 0 Å². The molecule has 0 saturated carbocycles. The lowest BCUT2D eigenvalue weighted by molar-refractivity contribution is -0.142. The Balaban J connectivity index is 1.24. The van der Waals surface area contributed by atoms with E-state index in [1.165, 1.54) is 0 Å². The van der Waals surface area contributed by atoms with Crippen LogP contribution in [0.25, 0.3) is 5.69 Å². The fraction of sp³-hybridized carbons (Fsp3) is 0.250. The number of anilines is 1. The van der Waals surface area contributed by atoms with E-state index in [9.17, 15) is 14.4 Å². The summed E-state index contributed by atoms with van der Waals surface area (Å²) in [5.41, 5.74) is 3.10. The van der Waals surface area contributed by atoms with Gasteiger partial charge in [0.25, 0.3) is 0 Å². The summed E-state index contributed by atoms with van der Waals surface area (Å²) in [5.74, 6) is -0.605. The van der Waals surface area contributed by atoms with Crippen LogP contribution in [0.2, 0.25) is 0 Å². The summed E-state index contributed by atoms with van der Waals surface area (Å²) >= 11 is 0. The first kappa shape index (κ1) is 20.5. The molecule has 0 unspecified atom stereocenters. The number of aryl methyl sites for hydroxylation is 1. The third-order valence-electron chi connectivity index (χ3n) is 5.21. The zero-order valence-electron chi connectivity index (χ0n) is 17.1. The molecule has 3 aromatic rings. The van der Waals surface area contributed by atoms with Crippen molar-refractivity contribution >= 4 is 23.3 Å². The molecule has 1 aliphatic rings. The molecule has 0 N–H and O–H groups in total. The number of carbonyl (C=O) groups excluding carboxylic acids is 3. The standard InChI is InChI=1S/C24H23N3O4/c28-22(19-9-11-20(12-10-19)26-14-4-7-23(26)29)17-31-24(30)13-8-18-15-25-27(16-18)21-5-2-1-3-6-21/h1-3,5-6,9-12,15-16H,4,7-8,13-14,17H2. The molecule has 1 saturated heterocycles. The monoisotopic (exact) mass is 417 g/mol. The van der Waals surface area contributed by atoms with Crippen LogP contribution in [0, 0.1) is 0 Å². The molecular formula is C24H23N3O4. The lowest BCUT2D eigenvalue weighted by Crippen LogP contribution is -2.23. The normalized spacial score (nSPS) is 13.4. The van der Waals surface area contributed by atoms with Crippen molar-refractivity contribution in [2.45, 2.75) is 25.7 Å². The highest BCUT2D eigenvalue weighted by atomic mass is 16.5. The number of ether oxygens (including phenoxy) is 1. The maximum atomic E-state index is 12.3. The first-order valence-electron chi connectivity index (χ1n) is 10.3. The van der Waals surface area contributed by atoms with Crippen LogP contribution in [0.4, 0.5) is 5.69 Å². The molecule has 2 aromatic carbocycles. The van der Waals surface area contributed by atoms with Crippen LogP contribution >= 0.6 is 0 Å². The van der Waals surface area contributed by atoms with E-state index in [1.807, 2.05) is 36.5 Å². The first-order valence-corrected chi connectivity index (χ1v) is 10.3. The SMILES string of the molecule is O=C(CCc1cnn(-c2ccccc2)c1)OCC(=O)c1ccc(N2CCCC2=O)cc1. The molecule has 0 aliphatic carbocycles. The third-order valence-corrected chi connectivity index (χ3v) is 5.21. The van der Waals surface area contributed by atoms with Crippen molar-refractivity contribution in [3.05, 3.63) is 78.1 Å². The fourth-order valence-electron chi connectivity index (χ4n) is 3.51. The zero-order chi connectivity index (χ0) is 21.6. The Bertz CT molecular complexity index is 1070. The van der Waals surface area contributed by atoms with Gasteiger partial charge in [-0.1, -0.05) is 18.2 Å². The second-order valence-electron chi connectivity index (χ2n) is 7.41. The van der Waals surface area contributed by atoms with Gasteiger partial charge in [0.05, 0.1) is 11.9 Å². The molecule has 1 aliphatic heterocycles. The van der Waals surface area contributed by atoms with Crippen LogP contribution in [-0.4, -0.2) is 40.6 Å². The molecule has 0 spiro atoms. The highest BCUT2D eigenvalue weighted by molar-refractivity contribution is 5.99. The Labute approximate surface area is 180 Å². The zero-order valence-corrected chi connectivity index (χ0v) is 17.1. The van der Waals surface area contributed by atoms with E-state index in [-0.39, 0.29) is 24.7 Å². The highest BCUT2D eigenvalue weighted by Gasteiger charge is 2.21. The van der Waals surface area contributed by atoms with Crippen LogP contribution in [-0.2, 0) is 20.7 Å². The van der Waals surface area contributed by atoms with E-state index in [0.29, 0.717) is 24.9 Å². The van der Waals surface area contributed by atoms with Gasteiger partial charge >= 0.3 is 5.97 Å². The van der Waals surface area contributed by atoms with Crippen LogP contribution in [0.5, 0.6) is 0 Å². The minimum atomic E-state index is -0.430. The lowest BCUT2D eigenvalue weighted by Gasteiger charge is -2.15. The van der Waals surface area contributed by atoms with Crippen molar-refractivity contribution in [1.82, 2.24) is 9.78 Å². The second-order valence-corrected chi connectivity index (χ2v) is 7.41. The summed E-state index contributed by atoms with van der Waals surface area (Å²) in [6.45, 7) is 0.401. The summed E-state index contributed by atoms with van der Waals surface area (Å²) in [5, 5.41) is 4.30. The molecule has 1 amide bonds. The van der Waals surface area contributed by atoms with Crippen molar-refractivity contribution in [3.8, 4) is 5.69 Å². The molecular weight excluding hydrogens is 394 g/mol. The number of hydrogen-bond acceptors (Lipinski definition) is 5. The molecule has 4 rings (SSSR count). The number of benzene rings is 2. The van der Waals surface area contributed by atoms with Gasteiger partial charge in [0, 0.05) is 36.8 Å². The Hall–Kier alpha value is -3.74. The van der Waals surface area contributed by atoms with E-state index in [0.717, 1.165) is 23.4 Å². The molecule has 1 fully saturated rings. The van der Waals surface area contributed by atoms with Crippen LogP contribution in [0.1, 0.15) is 35.2 Å². The van der Waals surface area contributed by atoms with Crippen molar-refractivity contribution < 1.29 is 19.1 Å². The number of aromatic nitrogens is 2. The topological polar surface area (TPSA) is 81.5 Å². The Morgan fingerprint density at radius 2 is 1.77 bits per heavy atom. The van der Waals surface area contributed by atoms with Crippen molar-refractivity contribution in [2.24, 2.45) is 0 Å². The number of nitrogens with zero attached hydrogens (tertiary/aromatic N) is 3. The Morgan fingerprint density at radius 1 is 1.00 bits per heavy atom. The summed E-state index contributed by atoms with van der Waals surface area (Å²) in [6, 6.07) is 16.5. The number of Topliss-reactive ketones (excluding diaryl/α,β-unsaturated/α-hetero) is 1. The summed E-state index contributed by atoms with van der Waals surface area (Å²) in [7, 11) is 0. The average molecular weight is 417 g/mol. The molecule has 158 valence electrons. The molecule has 0 radical (unpaired) electrons. The van der Waals surface area contributed by atoms with Crippen molar-refractivity contribution in [1.29, 1.82) is 0 Å². The van der Waals surface area contributed by atoms with E-state index in [2.05, 4.69) is 5.10 Å². The van der Waals surface area contributed by atoms with Crippen LogP contribution in [0.15, 0.2) is 67.0 Å². The van der Waals surface area contributed by atoms with Gasteiger partial charge < -0.3 is 9.64 Å². The molecule has 31 heavy (non-hydrogen) atoms. The van der Waals surface area contributed by atoms with E-state index >= 15 is 0 Å². The molecule has 7 heteroatoms. The number of amides is 1. The minimum absolute atomic E-state index is 0.0994. The van der Waals surface area contributed by atoms with Gasteiger partial charge in [-0.25, -0.2) is 4.68 Å². The van der Waals surface area contributed by atoms with E-state index in [4.69, 9.17) is 4.74 Å². The van der Waals surface area contributed by atoms with E-state index in [1.54, 1.807) is 40.0 Å². The van der Waals surface area contributed by atoms with Crippen LogP contribution in [0.3, 0.4) is 0 Å². The quantitative estimate of drug-likeness (QED) is 0.415. The van der Waals surface area contributed by atoms with E-state index < -0.39 is 5.97 Å². The summed E-state index contributed by atoms with van der Waals surface area (Å²) in [4.78, 5) is 37.9. The molecule has 0 bridgehead atoms. The van der Waals surface area contributed by atoms with Gasteiger partial charge in [-0.05, 0) is 54.8 Å². The summed E-state index contributed by atoms with van der Waals surface area (Å²) in [6.07, 6.45) is 5.66. The average Bonchev–Trinajstić information content (AvgIpc) is 3.46. The first-order chi connectivity index (χ1) is 15.1. The van der Waals surface area contributed by atoms with Gasteiger partial charge in [-0.3, -0.25) is 14.4 Å². The van der Waals surface area contributed by atoms with Crippen molar-refractivity contribution in [2.75, 3.05) is 18.1 Å². The highest BCUT2D eigenvalue weighted by Crippen LogP contribution is 2.21. The Morgan fingerprint density at radius 3 is 2.48 bits per heavy atom. The Kier molecular flexibility index (Phi) is 6.21. The predicted octanol–water partition coefficient (Wildman–Crippen LogP) is 3.36. The van der Waals surface area contributed by atoms with Gasteiger partial charge in [-0.2, -0.15) is 5.10 Å². The number of rotatable bonds is 8. The van der Waals surface area contributed by atoms with Gasteiger partial charge in [0.2, 0.25) is 5.91 Å². The number of esters is 1. The van der Waals surface area contributed by atoms with Gasteiger partial charge in [0.1, 0.15) is 0 Å². The molecule has 0 atom stereocenters. The van der Waals surface area contributed by atoms with Crippen LogP contribution < -0.4 is 4.90 Å². The maximum Gasteiger partial charge on any atom is 0.306 e. The maximum absolute atomic E-state index is 12.3. The molecule has 7 nitrogen and oxygen atoms in total. The van der Waals surface area contributed by atoms with Gasteiger partial charge in [-0.15, -0.1) is 0 Å². The minimum Gasteiger partial charge on any atom is -0.457 e. The number of carbonyl (C=O) groups is 3. The molecule has 1 aromatic heterocycles. The fourth-order valence-corrected chi connectivity index (χ4v) is 3.51. The second kappa shape index (κ2) is 9.38. The number of ketones is 1. The molecule has 2 heterocycles. The predicted molar refractivity (Wildman–Crippen MR) is 115 cm³/mol. The smallest absolute Gasteiger partial charge is 0.306 e. The number of para-hydroxylation sites is 1. The number of hydrogen-bond donors (Lipinski definition) is 0. The largest absolute Gasteiger partial charge is 0.457 e.